The Kier molecular flexibility index (Phi) is 3.37. The highest BCUT2D eigenvalue weighted by Gasteiger charge is 2.22. The van der Waals surface area contributed by atoms with Gasteiger partial charge in [-0.05, 0) is 24.6 Å². The third kappa shape index (κ3) is 2.16. The van der Waals surface area contributed by atoms with E-state index < -0.39 is 0 Å². The van der Waals surface area contributed by atoms with Crippen LogP contribution in [-0.2, 0) is 0 Å². The summed E-state index contributed by atoms with van der Waals surface area (Å²) in [7, 11) is 1.58. The zero-order chi connectivity index (χ0) is 11.5. The smallest absolute Gasteiger partial charge is 0.136 e. The summed E-state index contributed by atoms with van der Waals surface area (Å²) in [5.41, 5.74) is 1.74. The Labute approximate surface area is 99.8 Å². The standard InChI is InChI=1S/C12H14N2OS/c1-8-7-16-12(14-8)9-3-4-11(15-2)10(5-9)6-13/h3-5,8,12,14H,7H2,1-2H3. The van der Waals surface area contributed by atoms with Gasteiger partial charge in [-0.1, -0.05) is 6.07 Å². The molecule has 0 saturated carbocycles. The van der Waals surface area contributed by atoms with Crippen LogP contribution in [0.3, 0.4) is 0 Å². The molecule has 1 aliphatic rings. The largest absolute Gasteiger partial charge is 0.495 e. The van der Waals surface area contributed by atoms with Gasteiger partial charge in [0.1, 0.15) is 11.8 Å². The van der Waals surface area contributed by atoms with Crippen molar-refractivity contribution < 1.29 is 4.74 Å². The lowest BCUT2D eigenvalue weighted by molar-refractivity contribution is 0.413. The van der Waals surface area contributed by atoms with Crippen molar-refractivity contribution in [1.29, 1.82) is 5.26 Å². The number of thioether (sulfide) groups is 1. The second kappa shape index (κ2) is 4.77. The van der Waals surface area contributed by atoms with Gasteiger partial charge >= 0.3 is 0 Å². The summed E-state index contributed by atoms with van der Waals surface area (Å²) in [5, 5.41) is 12.8. The van der Waals surface area contributed by atoms with Crippen LogP contribution in [0.5, 0.6) is 5.75 Å². The van der Waals surface area contributed by atoms with Crippen molar-refractivity contribution in [3.05, 3.63) is 29.3 Å². The molecule has 1 heterocycles. The van der Waals surface area contributed by atoms with E-state index in [0.717, 1.165) is 11.3 Å². The number of nitrogens with one attached hydrogen (secondary N) is 1. The van der Waals surface area contributed by atoms with Gasteiger partial charge in [-0.2, -0.15) is 5.26 Å². The maximum atomic E-state index is 9.01. The van der Waals surface area contributed by atoms with Gasteiger partial charge in [-0.25, -0.2) is 0 Å². The van der Waals surface area contributed by atoms with Gasteiger partial charge in [0, 0.05) is 11.8 Å². The van der Waals surface area contributed by atoms with Gasteiger partial charge in [0.05, 0.1) is 18.0 Å². The second-order valence-electron chi connectivity index (χ2n) is 3.85. The van der Waals surface area contributed by atoms with E-state index in [2.05, 4.69) is 18.3 Å². The van der Waals surface area contributed by atoms with Crippen molar-refractivity contribution in [1.82, 2.24) is 5.32 Å². The monoisotopic (exact) mass is 234 g/mol. The Morgan fingerprint density at radius 3 is 2.94 bits per heavy atom. The number of benzene rings is 1. The normalized spacial score (nSPS) is 24.1. The van der Waals surface area contributed by atoms with Crippen LogP contribution in [0.2, 0.25) is 0 Å². The highest BCUT2D eigenvalue weighted by molar-refractivity contribution is 7.99. The number of nitriles is 1. The first kappa shape index (κ1) is 11.3. The summed E-state index contributed by atoms with van der Waals surface area (Å²) in [5.74, 6) is 1.75. The van der Waals surface area contributed by atoms with E-state index in [1.807, 2.05) is 30.0 Å². The zero-order valence-corrected chi connectivity index (χ0v) is 10.2. The first-order valence-corrected chi connectivity index (χ1v) is 6.25. The minimum atomic E-state index is 0.299. The predicted octanol–water partition coefficient (Wildman–Crippen LogP) is 2.29. The zero-order valence-electron chi connectivity index (χ0n) is 9.36. The third-order valence-corrected chi connectivity index (χ3v) is 4.03. The minimum Gasteiger partial charge on any atom is -0.495 e. The third-order valence-electron chi connectivity index (χ3n) is 2.60. The van der Waals surface area contributed by atoms with Crippen LogP contribution in [0, 0.1) is 11.3 Å². The lowest BCUT2D eigenvalue weighted by Crippen LogP contribution is -2.21. The summed E-state index contributed by atoms with van der Waals surface area (Å²) >= 11 is 1.87. The molecule has 4 heteroatoms. The van der Waals surface area contributed by atoms with Crippen molar-refractivity contribution >= 4 is 11.8 Å². The van der Waals surface area contributed by atoms with Gasteiger partial charge in [0.15, 0.2) is 0 Å². The fourth-order valence-corrected chi connectivity index (χ4v) is 3.01. The van der Waals surface area contributed by atoms with Crippen molar-refractivity contribution in [2.24, 2.45) is 0 Å². The lowest BCUT2D eigenvalue weighted by atomic mass is 10.1. The number of ether oxygens (including phenoxy) is 1. The SMILES string of the molecule is COc1ccc(C2NC(C)CS2)cc1C#N. The molecule has 3 nitrogen and oxygen atoms in total. The molecule has 1 aliphatic heterocycles. The highest BCUT2D eigenvalue weighted by atomic mass is 32.2. The fourth-order valence-electron chi connectivity index (χ4n) is 1.76. The van der Waals surface area contributed by atoms with Gasteiger partial charge in [0.25, 0.3) is 0 Å². The Morgan fingerprint density at radius 1 is 1.56 bits per heavy atom. The fraction of sp³-hybridized carbons (Fsp3) is 0.417. The van der Waals surface area contributed by atoms with Crippen LogP contribution in [0.25, 0.3) is 0 Å². The van der Waals surface area contributed by atoms with E-state index in [0.29, 0.717) is 22.7 Å². The summed E-state index contributed by atoms with van der Waals surface area (Å²) < 4.78 is 5.13. The molecule has 0 radical (unpaired) electrons. The summed E-state index contributed by atoms with van der Waals surface area (Å²) in [6.45, 7) is 2.17. The molecular weight excluding hydrogens is 220 g/mol. The first-order chi connectivity index (χ1) is 7.74. The lowest BCUT2D eigenvalue weighted by Gasteiger charge is -2.12. The summed E-state index contributed by atoms with van der Waals surface area (Å²) in [6.07, 6.45) is 0. The average Bonchev–Trinajstić information content (AvgIpc) is 2.75. The van der Waals surface area contributed by atoms with Crippen LogP contribution in [0.15, 0.2) is 18.2 Å². The predicted molar refractivity (Wildman–Crippen MR) is 65.5 cm³/mol. The Morgan fingerprint density at radius 2 is 2.38 bits per heavy atom. The molecule has 1 aromatic carbocycles. The Hall–Kier alpha value is -1.18. The molecule has 1 aromatic rings. The summed E-state index contributed by atoms with van der Waals surface area (Å²) in [6, 6.07) is 8.47. The van der Waals surface area contributed by atoms with E-state index in [9.17, 15) is 0 Å². The second-order valence-corrected chi connectivity index (χ2v) is 4.99. The van der Waals surface area contributed by atoms with Crippen molar-refractivity contribution in [2.45, 2.75) is 18.3 Å². The van der Waals surface area contributed by atoms with Crippen LogP contribution < -0.4 is 10.1 Å². The molecule has 1 N–H and O–H groups in total. The number of nitrogens with zero attached hydrogens (tertiary/aromatic N) is 1. The van der Waals surface area contributed by atoms with E-state index in [4.69, 9.17) is 10.00 Å². The molecule has 1 fully saturated rings. The van der Waals surface area contributed by atoms with Crippen LogP contribution in [-0.4, -0.2) is 18.9 Å². The molecular formula is C12H14N2OS. The number of hydrogen-bond acceptors (Lipinski definition) is 4. The van der Waals surface area contributed by atoms with Gasteiger partial charge in [-0.3, -0.25) is 5.32 Å². The van der Waals surface area contributed by atoms with Gasteiger partial charge in [0.2, 0.25) is 0 Å². The molecule has 0 bridgehead atoms. The van der Waals surface area contributed by atoms with Crippen molar-refractivity contribution in [3.8, 4) is 11.8 Å². The number of rotatable bonds is 2. The quantitative estimate of drug-likeness (QED) is 0.852. The molecule has 84 valence electrons. The highest BCUT2D eigenvalue weighted by Crippen LogP contribution is 2.34. The first-order valence-electron chi connectivity index (χ1n) is 5.20. The van der Waals surface area contributed by atoms with Gasteiger partial charge < -0.3 is 4.74 Å². The Balaban J connectivity index is 2.26. The van der Waals surface area contributed by atoms with Crippen LogP contribution in [0.4, 0.5) is 0 Å². The van der Waals surface area contributed by atoms with E-state index in [-0.39, 0.29) is 0 Å². The maximum Gasteiger partial charge on any atom is 0.136 e. The molecule has 2 rings (SSSR count). The van der Waals surface area contributed by atoms with E-state index in [1.54, 1.807) is 7.11 Å². The maximum absolute atomic E-state index is 9.01. The average molecular weight is 234 g/mol. The van der Waals surface area contributed by atoms with Crippen LogP contribution in [0.1, 0.15) is 23.4 Å². The molecule has 0 aromatic heterocycles. The molecule has 2 atom stereocenters. The number of hydrogen-bond donors (Lipinski definition) is 1. The molecule has 0 amide bonds. The van der Waals surface area contributed by atoms with Gasteiger partial charge in [-0.15, -0.1) is 11.8 Å². The summed E-state index contributed by atoms with van der Waals surface area (Å²) in [4.78, 5) is 0. The number of methoxy groups -OCH3 is 1. The molecule has 2 unspecified atom stereocenters. The molecule has 16 heavy (non-hydrogen) atoms. The van der Waals surface area contributed by atoms with Crippen molar-refractivity contribution in [3.63, 3.8) is 0 Å². The van der Waals surface area contributed by atoms with Crippen molar-refractivity contribution in [2.75, 3.05) is 12.9 Å². The molecule has 0 spiro atoms. The van der Waals surface area contributed by atoms with Crippen LogP contribution >= 0.6 is 11.8 Å². The van der Waals surface area contributed by atoms with E-state index in [1.165, 1.54) is 0 Å². The Bertz CT molecular complexity index is 428. The molecule has 0 aliphatic carbocycles. The topological polar surface area (TPSA) is 45.0 Å². The van der Waals surface area contributed by atoms with E-state index >= 15 is 0 Å². The minimum absolute atomic E-state index is 0.299. The molecule has 1 saturated heterocycles.